The van der Waals surface area contributed by atoms with Gasteiger partial charge in [0.1, 0.15) is 0 Å². The highest BCUT2D eigenvalue weighted by Crippen LogP contribution is 2.23. The summed E-state index contributed by atoms with van der Waals surface area (Å²) in [5, 5.41) is 21.8. The molecule has 1 aliphatic rings. The summed E-state index contributed by atoms with van der Waals surface area (Å²) >= 11 is 0. The molecule has 0 aliphatic heterocycles. The third-order valence-electron chi connectivity index (χ3n) is 2.72. The molecule has 2 unspecified atom stereocenters. The molecule has 3 heteroatoms. The van der Waals surface area contributed by atoms with Crippen LogP contribution in [-0.4, -0.2) is 35.5 Å². The van der Waals surface area contributed by atoms with Crippen LogP contribution in [0.5, 0.6) is 0 Å². The lowest BCUT2D eigenvalue weighted by Gasteiger charge is -2.27. The van der Waals surface area contributed by atoms with E-state index in [2.05, 4.69) is 5.32 Å². The van der Waals surface area contributed by atoms with Gasteiger partial charge < -0.3 is 15.5 Å². The van der Waals surface area contributed by atoms with Crippen molar-refractivity contribution in [2.24, 2.45) is 5.92 Å². The van der Waals surface area contributed by atoms with Crippen molar-refractivity contribution in [2.45, 2.75) is 44.8 Å². The van der Waals surface area contributed by atoms with E-state index in [-0.39, 0.29) is 12.2 Å². The summed E-state index contributed by atoms with van der Waals surface area (Å²) in [5.74, 6) is 0.396. The summed E-state index contributed by atoms with van der Waals surface area (Å²) in [6.07, 6.45) is 4.04. The summed E-state index contributed by atoms with van der Waals surface area (Å²) in [7, 11) is 0. The number of aliphatic hydroxyl groups excluding tert-OH is 2. The Labute approximate surface area is 80.2 Å². The molecule has 1 rings (SSSR count). The van der Waals surface area contributed by atoms with Crippen molar-refractivity contribution in [3.63, 3.8) is 0 Å². The third kappa shape index (κ3) is 4.07. The molecule has 1 aliphatic carbocycles. The van der Waals surface area contributed by atoms with Crippen LogP contribution in [0.2, 0.25) is 0 Å². The molecule has 0 aromatic heterocycles. The van der Waals surface area contributed by atoms with Gasteiger partial charge in [0.2, 0.25) is 0 Å². The lowest BCUT2D eigenvalue weighted by atomic mass is 9.86. The minimum absolute atomic E-state index is 0.129. The van der Waals surface area contributed by atoms with Gasteiger partial charge in [0, 0.05) is 13.1 Å². The Balaban J connectivity index is 2.11. The number of nitrogens with one attached hydrogen (secondary N) is 1. The average molecular weight is 187 g/mol. The third-order valence-corrected chi connectivity index (χ3v) is 2.72. The van der Waals surface area contributed by atoms with Gasteiger partial charge in [-0.25, -0.2) is 0 Å². The Morgan fingerprint density at radius 3 is 2.69 bits per heavy atom. The van der Waals surface area contributed by atoms with E-state index in [4.69, 9.17) is 5.11 Å². The van der Waals surface area contributed by atoms with E-state index in [0.29, 0.717) is 12.5 Å². The van der Waals surface area contributed by atoms with Gasteiger partial charge in [-0.3, -0.25) is 0 Å². The highest BCUT2D eigenvalue weighted by Gasteiger charge is 2.22. The molecule has 13 heavy (non-hydrogen) atoms. The standard InChI is InChI=1S/C10H21NO2/c1-8(12)6-11-7-9-4-2-3-5-10(9)13/h8-13H,2-7H2,1H3/t8-,9?,10?/m1/s1. The van der Waals surface area contributed by atoms with Crippen LogP contribution in [0.25, 0.3) is 0 Å². The van der Waals surface area contributed by atoms with Crippen LogP contribution in [0.4, 0.5) is 0 Å². The van der Waals surface area contributed by atoms with E-state index < -0.39 is 0 Å². The average Bonchev–Trinajstić information content (AvgIpc) is 2.08. The van der Waals surface area contributed by atoms with E-state index in [1.54, 1.807) is 6.92 Å². The number of hydrogen-bond acceptors (Lipinski definition) is 3. The Kier molecular flexibility index (Phi) is 4.70. The van der Waals surface area contributed by atoms with Crippen LogP contribution in [0, 0.1) is 5.92 Å². The molecule has 3 nitrogen and oxygen atoms in total. The molecule has 78 valence electrons. The SMILES string of the molecule is C[C@@H](O)CNCC1CCCCC1O. The second-order valence-corrected chi connectivity index (χ2v) is 4.12. The topological polar surface area (TPSA) is 52.5 Å². The zero-order valence-electron chi connectivity index (χ0n) is 8.37. The molecule has 0 heterocycles. The maximum absolute atomic E-state index is 9.63. The van der Waals surface area contributed by atoms with E-state index in [1.807, 2.05) is 0 Å². The van der Waals surface area contributed by atoms with Gasteiger partial charge in [-0.1, -0.05) is 12.8 Å². The van der Waals surface area contributed by atoms with Gasteiger partial charge in [-0.15, -0.1) is 0 Å². The molecule has 0 spiro atoms. The maximum atomic E-state index is 9.63. The lowest BCUT2D eigenvalue weighted by Crippen LogP contribution is -2.36. The normalized spacial score (nSPS) is 31.6. The molecule has 0 aromatic carbocycles. The van der Waals surface area contributed by atoms with Crippen LogP contribution in [0.1, 0.15) is 32.6 Å². The van der Waals surface area contributed by atoms with Crippen molar-refractivity contribution in [1.82, 2.24) is 5.32 Å². The van der Waals surface area contributed by atoms with E-state index in [0.717, 1.165) is 25.8 Å². The maximum Gasteiger partial charge on any atom is 0.0636 e. The second kappa shape index (κ2) is 5.58. The summed E-state index contributed by atoms with van der Waals surface area (Å²) in [6.45, 7) is 3.24. The first-order chi connectivity index (χ1) is 6.20. The van der Waals surface area contributed by atoms with Crippen LogP contribution < -0.4 is 5.32 Å². The minimum Gasteiger partial charge on any atom is -0.393 e. The second-order valence-electron chi connectivity index (χ2n) is 4.12. The molecule has 0 bridgehead atoms. The smallest absolute Gasteiger partial charge is 0.0636 e. The van der Waals surface area contributed by atoms with Crippen LogP contribution >= 0.6 is 0 Å². The van der Waals surface area contributed by atoms with Crippen LogP contribution in [0.15, 0.2) is 0 Å². The molecule has 0 saturated heterocycles. The molecule has 3 N–H and O–H groups in total. The predicted molar refractivity (Wildman–Crippen MR) is 52.5 cm³/mol. The first kappa shape index (κ1) is 11.0. The zero-order chi connectivity index (χ0) is 9.68. The summed E-state index contributed by atoms with van der Waals surface area (Å²) in [5.41, 5.74) is 0. The largest absolute Gasteiger partial charge is 0.393 e. The molecule has 0 aromatic rings. The molecule has 1 fully saturated rings. The fourth-order valence-corrected chi connectivity index (χ4v) is 1.90. The summed E-state index contributed by atoms with van der Waals surface area (Å²) in [6, 6.07) is 0. The molecule has 3 atom stereocenters. The first-order valence-electron chi connectivity index (χ1n) is 5.27. The van der Waals surface area contributed by atoms with E-state index in [9.17, 15) is 5.11 Å². The molecule has 1 saturated carbocycles. The monoisotopic (exact) mass is 187 g/mol. The van der Waals surface area contributed by atoms with Gasteiger partial charge in [-0.2, -0.15) is 0 Å². The van der Waals surface area contributed by atoms with Crippen molar-refractivity contribution in [3.05, 3.63) is 0 Å². The van der Waals surface area contributed by atoms with Crippen molar-refractivity contribution >= 4 is 0 Å². The number of aliphatic hydroxyl groups is 2. The molecular formula is C10H21NO2. The predicted octanol–water partition coefficient (Wildman–Crippen LogP) is 0.508. The Morgan fingerprint density at radius 2 is 2.08 bits per heavy atom. The molecule has 0 radical (unpaired) electrons. The van der Waals surface area contributed by atoms with E-state index in [1.165, 1.54) is 6.42 Å². The molecular weight excluding hydrogens is 166 g/mol. The van der Waals surface area contributed by atoms with Crippen LogP contribution in [0.3, 0.4) is 0 Å². The Morgan fingerprint density at radius 1 is 1.38 bits per heavy atom. The zero-order valence-corrected chi connectivity index (χ0v) is 8.37. The van der Waals surface area contributed by atoms with Gasteiger partial charge in [0.15, 0.2) is 0 Å². The highest BCUT2D eigenvalue weighted by atomic mass is 16.3. The van der Waals surface area contributed by atoms with Crippen molar-refractivity contribution in [3.8, 4) is 0 Å². The fraction of sp³-hybridized carbons (Fsp3) is 1.00. The van der Waals surface area contributed by atoms with Gasteiger partial charge >= 0.3 is 0 Å². The first-order valence-corrected chi connectivity index (χ1v) is 5.27. The van der Waals surface area contributed by atoms with Crippen LogP contribution in [-0.2, 0) is 0 Å². The quantitative estimate of drug-likeness (QED) is 0.601. The van der Waals surface area contributed by atoms with Gasteiger partial charge in [-0.05, 0) is 25.7 Å². The fourth-order valence-electron chi connectivity index (χ4n) is 1.90. The van der Waals surface area contributed by atoms with Crippen molar-refractivity contribution < 1.29 is 10.2 Å². The lowest BCUT2D eigenvalue weighted by molar-refractivity contribution is 0.0675. The van der Waals surface area contributed by atoms with Gasteiger partial charge in [0.25, 0.3) is 0 Å². The highest BCUT2D eigenvalue weighted by molar-refractivity contribution is 4.76. The van der Waals surface area contributed by atoms with Crippen molar-refractivity contribution in [1.29, 1.82) is 0 Å². The Hall–Kier alpha value is -0.120. The minimum atomic E-state index is -0.291. The van der Waals surface area contributed by atoms with Gasteiger partial charge in [0.05, 0.1) is 12.2 Å². The van der Waals surface area contributed by atoms with Crippen molar-refractivity contribution in [2.75, 3.05) is 13.1 Å². The summed E-state index contributed by atoms with van der Waals surface area (Å²) in [4.78, 5) is 0. The number of rotatable bonds is 4. The molecule has 0 amide bonds. The summed E-state index contributed by atoms with van der Waals surface area (Å²) < 4.78 is 0. The Bertz CT molecular complexity index is 139. The van der Waals surface area contributed by atoms with E-state index >= 15 is 0 Å². The number of hydrogen-bond donors (Lipinski definition) is 3.